The number of carbonyl (C=O) groups excluding carboxylic acids is 1. The Bertz CT molecular complexity index is 787. The van der Waals surface area contributed by atoms with Crippen LogP contribution in [0.25, 0.3) is 11.3 Å². The van der Waals surface area contributed by atoms with Crippen molar-refractivity contribution in [3.63, 3.8) is 0 Å². The summed E-state index contributed by atoms with van der Waals surface area (Å²) < 4.78 is 10.8. The minimum absolute atomic E-state index is 0.188. The fourth-order valence-corrected chi connectivity index (χ4v) is 3.87. The van der Waals surface area contributed by atoms with Crippen molar-refractivity contribution < 1.29 is 14.1 Å². The van der Waals surface area contributed by atoms with Crippen molar-refractivity contribution in [2.24, 2.45) is 0 Å². The summed E-state index contributed by atoms with van der Waals surface area (Å²) in [7, 11) is 0. The van der Waals surface area contributed by atoms with Crippen molar-refractivity contribution in [1.82, 2.24) is 24.9 Å². The molecule has 0 saturated carbocycles. The number of rotatable bonds is 4. The molecule has 0 bridgehead atoms. The standard InChI is InChI=1S/C19H25N5O3/c1-14-9-17(27-22-14)16-10-20-13-21-19(16)15-3-2-4-23(11-15)12-18(25)24-5-7-26-8-6-24/h9-10,13,15H,2-8,11-12H2,1H3. The van der Waals surface area contributed by atoms with E-state index in [0.29, 0.717) is 38.6 Å². The summed E-state index contributed by atoms with van der Waals surface area (Å²) in [5.74, 6) is 1.14. The van der Waals surface area contributed by atoms with E-state index in [2.05, 4.69) is 20.0 Å². The van der Waals surface area contributed by atoms with Crippen LogP contribution in [0.15, 0.2) is 23.1 Å². The predicted octanol–water partition coefficient (Wildman–Crippen LogP) is 1.48. The van der Waals surface area contributed by atoms with Gasteiger partial charge < -0.3 is 14.2 Å². The van der Waals surface area contributed by atoms with Crippen LogP contribution in [-0.2, 0) is 9.53 Å². The quantitative estimate of drug-likeness (QED) is 0.805. The molecule has 1 amide bonds. The molecule has 4 rings (SSSR count). The van der Waals surface area contributed by atoms with Crippen LogP contribution >= 0.6 is 0 Å². The molecule has 1 unspecified atom stereocenters. The van der Waals surface area contributed by atoms with Crippen molar-refractivity contribution >= 4 is 5.91 Å². The summed E-state index contributed by atoms with van der Waals surface area (Å²) in [6.07, 6.45) is 5.46. The zero-order chi connectivity index (χ0) is 18.6. The molecular formula is C19H25N5O3. The molecule has 4 heterocycles. The molecule has 2 aromatic rings. The van der Waals surface area contributed by atoms with Crippen LogP contribution in [0.1, 0.15) is 30.1 Å². The van der Waals surface area contributed by atoms with Gasteiger partial charge in [0.15, 0.2) is 5.76 Å². The van der Waals surface area contributed by atoms with E-state index in [0.717, 1.165) is 42.9 Å². The maximum Gasteiger partial charge on any atom is 0.236 e. The summed E-state index contributed by atoms with van der Waals surface area (Å²) in [5, 5.41) is 3.98. The topological polar surface area (TPSA) is 84.6 Å². The normalized spacial score (nSPS) is 21.4. The van der Waals surface area contributed by atoms with Crippen molar-refractivity contribution in [2.75, 3.05) is 45.9 Å². The molecule has 2 aliphatic rings. The number of likely N-dealkylation sites (tertiary alicyclic amines) is 1. The van der Waals surface area contributed by atoms with Crippen LogP contribution in [0.4, 0.5) is 0 Å². The highest BCUT2D eigenvalue weighted by atomic mass is 16.5. The third-order valence-corrected chi connectivity index (χ3v) is 5.25. The molecule has 2 saturated heterocycles. The van der Waals surface area contributed by atoms with Gasteiger partial charge in [-0.1, -0.05) is 5.16 Å². The van der Waals surface area contributed by atoms with Crippen molar-refractivity contribution in [2.45, 2.75) is 25.7 Å². The second-order valence-electron chi connectivity index (χ2n) is 7.22. The highest BCUT2D eigenvalue weighted by molar-refractivity contribution is 5.78. The van der Waals surface area contributed by atoms with Crippen molar-refractivity contribution in [3.05, 3.63) is 30.0 Å². The number of ether oxygens (including phenoxy) is 1. The molecule has 1 atom stereocenters. The molecule has 27 heavy (non-hydrogen) atoms. The number of piperidine rings is 1. The lowest BCUT2D eigenvalue weighted by Crippen LogP contribution is -2.47. The van der Waals surface area contributed by atoms with Crippen LogP contribution < -0.4 is 0 Å². The monoisotopic (exact) mass is 371 g/mol. The average Bonchev–Trinajstić information content (AvgIpc) is 3.15. The molecule has 0 spiro atoms. The first-order chi connectivity index (χ1) is 13.2. The smallest absolute Gasteiger partial charge is 0.236 e. The Morgan fingerprint density at radius 2 is 2.15 bits per heavy atom. The van der Waals surface area contributed by atoms with Crippen molar-refractivity contribution in [3.8, 4) is 11.3 Å². The van der Waals surface area contributed by atoms with Gasteiger partial charge in [0.2, 0.25) is 5.91 Å². The molecule has 0 aromatic carbocycles. The summed E-state index contributed by atoms with van der Waals surface area (Å²) in [5.41, 5.74) is 2.70. The molecule has 144 valence electrons. The van der Waals surface area contributed by atoms with Gasteiger partial charge in [-0.15, -0.1) is 0 Å². The van der Waals surface area contributed by atoms with E-state index >= 15 is 0 Å². The first-order valence-electron chi connectivity index (χ1n) is 9.52. The summed E-state index contributed by atoms with van der Waals surface area (Å²) >= 11 is 0. The fraction of sp³-hybridized carbons (Fsp3) is 0.579. The van der Waals surface area contributed by atoms with E-state index in [9.17, 15) is 4.79 Å². The Morgan fingerprint density at radius 3 is 2.93 bits per heavy atom. The Morgan fingerprint density at radius 1 is 1.30 bits per heavy atom. The Labute approximate surface area is 158 Å². The molecular weight excluding hydrogens is 346 g/mol. The van der Waals surface area contributed by atoms with Gasteiger partial charge >= 0.3 is 0 Å². The largest absolute Gasteiger partial charge is 0.378 e. The molecule has 0 radical (unpaired) electrons. The molecule has 2 fully saturated rings. The molecule has 8 heteroatoms. The van der Waals surface area contributed by atoms with Gasteiger partial charge in [0.05, 0.1) is 36.7 Å². The second kappa shape index (κ2) is 8.14. The SMILES string of the molecule is Cc1cc(-c2cncnc2C2CCCN(CC(=O)N3CCOCC3)C2)on1. The van der Waals surface area contributed by atoms with E-state index in [1.807, 2.05) is 17.9 Å². The van der Waals surface area contributed by atoms with Crippen LogP contribution in [0.5, 0.6) is 0 Å². The molecule has 8 nitrogen and oxygen atoms in total. The van der Waals surface area contributed by atoms with E-state index in [1.165, 1.54) is 0 Å². The number of carbonyl (C=O) groups is 1. The minimum Gasteiger partial charge on any atom is -0.378 e. The Hall–Kier alpha value is -2.32. The Balaban J connectivity index is 1.46. The van der Waals surface area contributed by atoms with Gasteiger partial charge in [-0.3, -0.25) is 9.69 Å². The fourth-order valence-electron chi connectivity index (χ4n) is 3.87. The van der Waals surface area contributed by atoms with Crippen molar-refractivity contribution in [1.29, 1.82) is 0 Å². The van der Waals surface area contributed by atoms with Crippen LogP contribution in [0.2, 0.25) is 0 Å². The first-order valence-corrected chi connectivity index (χ1v) is 9.52. The number of aryl methyl sites for hydroxylation is 1. The number of amides is 1. The molecule has 2 aromatic heterocycles. The number of hydrogen-bond acceptors (Lipinski definition) is 7. The highest BCUT2D eigenvalue weighted by Gasteiger charge is 2.28. The summed E-state index contributed by atoms with van der Waals surface area (Å²) in [4.78, 5) is 25.4. The lowest BCUT2D eigenvalue weighted by Gasteiger charge is -2.34. The number of nitrogens with zero attached hydrogens (tertiary/aromatic N) is 5. The van der Waals surface area contributed by atoms with Crippen LogP contribution in [-0.4, -0.2) is 76.8 Å². The van der Waals surface area contributed by atoms with Gasteiger partial charge in [-0.25, -0.2) is 9.97 Å². The lowest BCUT2D eigenvalue weighted by molar-refractivity contribution is -0.136. The third-order valence-electron chi connectivity index (χ3n) is 5.25. The number of hydrogen-bond donors (Lipinski definition) is 0. The summed E-state index contributed by atoms with van der Waals surface area (Å²) in [6.45, 7) is 6.76. The van der Waals surface area contributed by atoms with Crippen LogP contribution in [0.3, 0.4) is 0 Å². The second-order valence-corrected chi connectivity index (χ2v) is 7.22. The number of aromatic nitrogens is 3. The zero-order valence-electron chi connectivity index (χ0n) is 15.6. The van der Waals surface area contributed by atoms with Gasteiger partial charge in [-0.05, 0) is 26.3 Å². The van der Waals surface area contributed by atoms with Gasteiger partial charge in [0, 0.05) is 37.8 Å². The highest BCUT2D eigenvalue weighted by Crippen LogP contribution is 2.32. The van der Waals surface area contributed by atoms with E-state index in [1.54, 1.807) is 12.5 Å². The summed E-state index contributed by atoms with van der Waals surface area (Å²) in [6, 6.07) is 1.91. The van der Waals surface area contributed by atoms with Gasteiger partial charge in [-0.2, -0.15) is 0 Å². The van der Waals surface area contributed by atoms with Crippen LogP contribution in [0, 0.1) is 6.92 Å². The maximum atomic E-state index is 12.6. The minimum atomic E-state index is 0.188. The predicted molar refractivity (Wildman–Crippen MR) is 98.1 cm³/mol. The third kappa shape index (κ3) is 4.17. The molecule has 0 aliphatic carbocycles. The maximum absolute atomic E-state index is 12.6. The average molecular weight is 371 g/mol. The van der Waals surface area contributed by atoms with E-state index in [4.69, 9.17) is 9.26 Å². The van der Waals surface area contributed by atoms with Gasteiger partial charge in [0.1, 0.15) is 6.33 Å². The van der Waals surface area contributed by atoms with Gasteiger partial charge in [0.25, 0.3) is 0 Å². The van der Waals surface area contributed by atoms with E-state index in [-0.39, 0.29) is 11.8 Å². The Kier molecular flexibility index (Phi) is 5.45. The molecule has 0 N–H and O–H groups in total. The number of morpholine rings is 1. The zero-order valence-corrected chi connectivity index (χ0v) is 15.6. The first kappa shape index (κ1) is 18.1. The van der Waals surface area contributed by atoms with E-state index < -0.39 is 0 Å². The molecule has 2 aliphatic heterocycles. The lowest BCUT2D eigenvalue weighted by atomic mass is 9.91.